The van der Waals surface area contributed by atoms with Gasteiger partial charge in [0, 0.05) is 19.1 Å². The highest BCUT2D eigenvalue weighted by Gasteiger charge is 2.30. The lowest BCUT2D eigenvalue weighted by Crippen LogP contribution is -2.41. The largest absolute Gasteiger partial charge is 0.333 e. The Morgan fingerprint density at radius 1 is 1.36 bits per heavy atom. The van der Waals surface area contributed by atoms with Gasteiger partial charge in [-0.3, -0.25) is 4.79 Å². The first-order valence-electron chi connectivity index (χ1n) is 7.23. The van der Waals surface area contributed by atoms with Crippen molar-refractivity contribution < 1.29 is 4.79 Å². The van der Waals surface area contributed by atoms with Gasteiger partial charge in [-0.15, -0.1) is 17.5 Å². The molecule has 1 N–H and O–H groups in total. The Morgan fingerprint density at radius 2 is 2.14 bits per heavy atom. The third-order valence-corrected chi connectivity index (χ3v) is 3.78. The highest BCUT2D eigenvalue weighted by molar-refractivity contribution is 5.92. The molecule has 22 heavy (non-hydrogen) atoms. The van der Waals surface area contributed by atoms with Crippen molar-refractivity contribution in [3.05, 3.63) is 42.2 Å². The van der Waals surface area contributed by atoms with Gasteiger partial charge in [-0.1, -0.05) is 18.2 Å². The zero-order valence-electron chi connectivity index (χ0n) is 12.5. The summed E-state index contributed by atoms with van der Waals surface area (Å²) in [6.45, 7) is 1.61. The Morgan fingerprint density at radius 3 is 2.86 bits per heavy atom. The van der Waals surface area contributed by atoms with E-state index in [0.29, 0.717) is 5.69 Å². The lowest BCUT2D eigenvalue weighted by Gasteiger charge is -2.23. The molecule has 0 aliphatic carbocycles. The van der Waals surface area contributed by atoms with Crippen LogP contribution >= 0.6 is 12.4 Å². The maximum absolute atomic E-state index is 12.6. The maximum Gasteiger partial charge on any atom is 0.276 e. The molecule has 2 heterocycles. The number of hydrogen-bond acceptors (Lipinski definition) is 4. The minimum absolute atomic E-state index is 0. The highest BCUT2D eigenvalue weighted by Crippen LogP contribution is 2.19. The molecular formula is C15H20ClN5O. The molecule has 1 aliphatic heterocycles. The average molecular weight is 322 g/mol. The minimum Gasteiger partial charge on any atom is -0.333 e. The number of likely N-dealkylation sites (tertiary alicyclic amines) is 1. The van der Waals surface area contributed by atoms with E-state index in [1.807, 2.05) is 42.3 Å². The molecule has 0 bridgehead atoms. The van der Waals surface area contributed by atoms with Gasteiger partial charge in [0.2, 0.25) is 0 Å². The van der Waals surface area contributed by atoms with E-state index in [-0.39, 0.29) is 24.4 Å². The molecule has 1 aliphatic rings. The summed E-state index contributed by atoms with van der Waals surface area (Å²) in [4.78, 5) is 16.0. The van der Waals surface area contributed by atoms with E-state index < -0.39 is 0 Å². The number of halogens is 1. The van der Waals surface area contributed by atoms with Crippen LogP contribution in [0.1, 0.15) is 23.3 Å². The van der Waals surface area contributed by atoms with Gasteiger partial charge in [-0.05, 0) is 32.0 Å². The van der Waals surface area contributed by atoms with Crippen molar-refractivity contribution in [1.82, 2.24) is 25.2 Å². The molecule has 7 heteroatoms. The number of benzene rings is 1. The molecule has 0 saturated carbocycles. The van der Waals surface area contributed by atoms with Gasteiger partial charge in [-0.2, -0.15) is 9.90 Å². The smallest absolute Gasteiger partial charge is 0.276 e. The lowest BCUT2D eigenvalue weighted by molar-refractivity contribution is 0.0730. The molecule has 1 aromatic heterocycles. The predicted octanol–water partition coefficient (Wildman–Crippen LogP) is 1.51. The minimum atomic E-state index is -0.0325. The molecule has 1 aromatic carbocycles. The standard InChI is InChI=1S/C15H19N5O.ClH/c1-16-10-13-8-5-9-19(13)15(21)14-11-17-20(18-14)12-6-3-2-4-7-12;/h2-4,6-7,11,13,16H,5,8-10H2,1H3;1H. The van der Waals surface area contributed by atoms with Crippen LogP contribution in [0.15, 0.2) is 36.5 Å². The number of para-hydroxylation sites is 1. The van der Waals surface area contributed by atoms with E-state index in [2.05, 4.69) is 15.5 Å². The second-order valence-electron chi connectivity index (χ2n) is 5.21. The fraction of sp³-hybridized carbons (Fsp3) is 0.400. The first-order valence-corrected chi connectivity index (χ1v) is 7.23. The molecule has 2 aromatic rings. The predicted molar refractivity (Wildman–Crippen MR) is 86.6 cm³/mol. The molecule has 1 saturated heterocycles. The second-order valence-corrected chi connectivity index (χ2v) is 5.21. The third-order valence-electron chi connectivity index (χ3n) is 3.78. The van der Waals surface area contributed by atoms with E-state index in [4.69, 9.17) is 0 Å². The molecule has 1 fully saturated rings. The summed E-state index contributed by atoms with van der Waals surface area (Å²) >= 11 is 0. The Kier molecular flexibility index (Phi) is 5.51. The highest BCUT2D eigenvalue weighted by atomic mass is 35.5. The first kappa shape index (κ1) is 16.5. The van der Waals surface area contributed by atoms with Crippen molar-refractivity contribution in [1.29, 1.82) is 0 Å². The van der Waals surface area contributed by atoms with E-state index >= 15 is 0 Å². The average Bonchev–Trinajstić information content (AvgIpc) is 3.17. The maximum atomic E-state index is 12.6. The molecular weight excluding hydrogens is 302 g/mol. The van der Waals surface area contributed by atoms with E-state index in [0.717, 1.165) is 31.6 Å². The zero-order chi connectivity index (χ0) is 14.7. The van der Waals surface area contributed by atoms with Crippen LogP contribution in [0, 0.1) is 0 Å². The van der Waals surface area contributed by atoms with Crippen LogP contribution in [0.5, 0.6) is 0 Å². The molecule has 3 rings (SSSR count). The molecule has 1 unspecified atom stereocenters. The fourth-order valence-electron chi connectivity index (χ4n) is 2.74. The molecule has 118 valence electrons. The van der Waals surface area contributed by atoms with Gasteiger partial charge in [0.05, 0.1) is 11.9 Å². The molecule has 1 atom stereocenters. The summed E-state index contributed by atoms with van der Waals surface area (Å²) in [5.41, 5.74) is 1.26. The van der Waals surface area contributed by atoms with Crippen LogP contribution in [0.4, 0.5) is 0 Å². The summed E-state index contributed by atoms with van der Waals surface area (Å²) in [5, 5.41) is 11.6. The summed E-state index contributed by atoms with van der Waals surface area (Å²) in [6, 6.07) is 9.85. The van der Waals surface area contributed by atoms with Crippen LogP contribution in [0.25, 0.3) is 5.69 Å². The summed E-state index contributed by atoms with van der Waals surface area (Å²) in [7, 11) is 1.91. The van der Waals surface area contributed by atoms with Gasteiger partial charge < -0.3 is 10.2 Å². The number of rotatable bonds is 4. The van der Waals surface area contributed by atoms with Crippen LogP contribution in [0.3, 0.4) is 0 Å². The van der Waals surface area contributed by atoms with Crippen molar-refractivity contribution in [2.45, 2.75) is 18.9 Å². The zero-order valence-corrected chi connectivity index (χ0v) is 13.3. The van der Waals surface area contributed by atoms with Crippen molar-refractivity contribution in [3.8, 4) is 5.69 Å². The first-order chi connectivity index (χ1) is 10.3. The number of nitrogens with zero attached hydrogens (tertiary/aromatic N) is 4. The molecule has 0 spiro atoms. The Labute approximate surface area is 135 Å². The van der Waals surface area contributed by atoms with Crippen LogP contribution in [0.2, 0.25) is 0 Å². The molecule has 0 radical (unpaired) electrons. The van der Waals surface area contributed by atoms with Crippen molar-refractivity contribution in [2.75, 3.05) is 20.1 Å². The Hall–Kier alpha value is -1.92. The summed E-state index contributed by atoms with van der Waals surface area (Å²) < 4.78 is 0. The van der Waals surface area contributed by atoms with Gasteiger partial charge in [-0.25, -0.2) is 0 Å². The number of carbonyl (C=O) groups is 1. The van der Waals surface area contributed by atoms with Crippen molar-refractivity contribution in [3.63, 3.8) is 0 Å². The quantitative estimate of drug-likeness (QED) is 0.927. The monoisotopic (exact) mass is 321 g/mol. The molecule has 6 nitrogen and oxygen atoms in total. The van der Waals surface area contributed by atoms with E-state index in [9.17, 15) is 4.79 Å². The SMILES string of the molecule is CNCC1CCCN1C(=O)c1cnn(-c2ccccc2)n1.Cl. The van der Waals surface area contributed by atoms with Gasteiger partial charge in [0.1, 0.15) is 0 Å². The van der Waals surface area contributed by atoms with Crippen molar-refractivity contribution in [2.24, 2.45) is 0 Å². The van der Waals surface area contributed by atoms with Crippen LogP contribution < -0.4 is 5.32 Å². The van der Waals surface area contributed by atoms with Gasteiger partial charge in [0.15, 0.2) is 5.69 Å². The number of likely N-dealkylation sites (N-methyl/N-ethyl adjacent to an activating group) is 1. The van der Waals surface area contributed by atoms with Crippen LogP contribution in [-0.2, 0) is 0 Å². The summed E-state index contributed by atoms with van der Waals surface area (Å²) in [6.07, 6.45) is 3.63. The fourth-order valence-corrected chi connectivity index (χ4v) is 2.74. The number of carbonyl (C=O) groups excluding carboxylic acids is 1. The number of hydrogen-bond donors (Lipinski definition) is 1. The van der Waals surface area contributed by atoms with E-state index in [1.54, 1.807) is 6.20 Å². The third kappa shape index (κ3) is 3.28. The number of aromatic nitrogens is 3. The van der Waals surface area contributed by atoms with E-state index in [1.165, 1.54) is 4.80 Å². The topological polar surface area (TPSA) is 63.1 Å². The van der Waals surface area contributed by atoms with Gasteiger partial charge in [0.25, 0.3) is 5.91 Å². The lowest BCUT2D eigenvalue weighted by atomic mass is 10.2. The molecule has 1 amide bonds. The number of amides is 1. The normalized spacial score (nSPS) is 17.3. The van der Waals surface area contributed by atoms with Crippen LogP contribution in [-0.4, -0.2) is 52.0 Å². The Bertz CT molecular complexity index is 615. The second kappa shape index (κ2) is 7.38. The summed E-state index contributed by atoms with van der Waals surface area (Å²) in [5.74, 6) is -0.0325. The number of nitrogens with one attached hydrogen (secondary N) is 1. The Balaban J connectivity index is 0.00000176. The van der Waals surface area contributed by atoms with Gasteiger partial charge >= 0.3 is 0 Å². The van der Waals surface area contributed by atoms with Crippen molar-refractivity contribution >= 4 is 18.3 Å².